The molecule has 0 aliphatic rings. The summed E-state index contributed by atoms with van der Waals surface area (Å²) in [6.45, 7) is 4.27. The molecule has 0 heterocycles. The number of benzene rings is 1. The van der Waals surface area contributed by atoms with Crippen LogP contribution in [0.3, 0.4) is 0 Å². The van der Waals surface area contributed by atoms with E-state index in [1.807, 2.05) is 6.92 Å². The quantitative estimate of drug-likeness (QED) is 0.452. The van der Waals surface area contributed by atoms with Gasteiger partial charge in [0.25, 0.3) is 0 Å². The van der Waals surface area contributed by atoms with Crippen molar-refractivity contribution in [3.63, 3.8) is 0 Å². The molecule has 0 spiro atoms. The first kappa shape index (κ1) is 19.8. The van der Waals surface area contributed by atoms with Gasteiger partial charge in [-0.1, -0.05) is 63.5 Å². The van der Waals surface area contributed by atoms with Crippen molar-refractivity contribution in [1.29, 1.82) is 0 Å². The van der Waals surface area contributed by atoms with Gasteiger partial charge in [-0.2, -0.15) is 0 Å². The highest BCUT2D eigenvalue weighted by atomic mass is 35.5. The Labute approximate surface area is 145 Å². The van der Waals surface area contributed by atoms with Gasteiger partial charge in [-0.3, -0.25) is 0 Å². The normalized spacial score (nSPS) is 12.1. The fourth-order valence-corrected chi connectivity index (χ4v) is 2.80. The van der Waals surface area contributed by atoms with E-state index in [2.05, 4.69) is 6.92 Å². The van der Waals surface area contributed by atoms with Gasteiger partial charge >= 0.3 is 5.97 Å². The number of unbranched alkanes of at least 4 members (excludes halogenated alkanes) is 7. The van der Waals surface area contributed by atoms with Gasteiger partial charge in [-0.15, -0.1) is 0 Å². The highest BCUT2D eigenvalue weighted by Gasteiger charge is 2.10. The van der Waals surface area contributed by atoms with Crippen molar-refractivity contribution in [2.24, 2.45) is 0 Å². The Hall–Kier alpha value is -1.22. The predicted molar refractivity (Wildman–Crippen MR) is 95.7 cm³/mol. The molecule has 23 heavy (non-hydrogen) atoms. The number of aromatic carboxylic acids is 1. The average molecular weight is 341 g/mol. The summed E-state index contributed by atoms with van der Waals surface area (Å²) in [5.74, 6) is -0.422. The van der Waals surface area contributed by atoms with Crippen LogP contribution in [0.1, 0.15) is 82.0 Å². The molecule has 0 radical (unpaired) electrons. The summed E-state index contributed by atoms with van der Waals surface area (Å²) < 4.78 is 5.81. The zero-order chi connectivity index (χ0) is 17.1. The minimum absolute atomic E-state index is 0.0864. The first-order chi connectivity index (χ1) is 11.0. The zero-order valence-electron chi connectivity index (χ0n) is 14.3. The molecule has 1 aromatic rings. The standard InChI is InChI=1S/C19H29ClO3/c1-3-4-5-6-7-8-9-10-11-15(2)23-18-13-12-16(19(21)22)14-17(18)20/h12-15H,3-11H2,1-2H3,(H,21,22). The van der Waals surface area contributed by atoms with Gasteiger partial charge < -0.3 is 9.84 Å². The highest BCUT2D eigenvalue weighted by Crippen LogP contribution is 2.27. The maximum Gasteiger partial charge on any atom is 0.335 e. The van der Waals surface area contributed by atoms with Crippen LogP contribution in [0.2, 0.25) is 5.02 Å². The van der Waals surface area contributed by atoms with Crippen LogP contribution in [-0.4, -0.2) is 17.2 Å². The molecule has 0 aliphatic carbocycles. The lowest BCUT2D eigenvalue weighted by atomic mass is 10.1. The van der Waals surface area contributed by atoms with Gasteiger partial charge in [0.15, 0.2) is 0 Å². The van der Waals surface area contributed by atoms with Crippen LogP contribution in [0.4, 0.5) is 0 Å². The van der Waals surface area contributed by atoms with Crippen LogP contribution in [0.15, 0.2) is 18.2 Å². The van der Waals surface area contributed by atoms with Crippen molar-refractivity contribution in [1.82, 2.24) is 0 Å². The summed E-state index contributed by atoms with van der Waals surface area (Å²) in [7, 11) is 0. The summed E-state index contributed by atoms with van der Waals surface area (Å²) in [6.07, 6.45) is 11.5. The Morgan fingerprint density at radius 1 is 1.13 bits per heavy atom. The van der Waals surface area contributed by atoms with E-state index in [1.54, 1.807) is 6.07 Å². The Morgan fingerprint density at radius 2 is 1.74 bits per heavy atom. The number of halogens is 1. The van der Waals surface area contributed by atoms with Crippen molar-refractivity contribution < 1.29 is 14.6 Å². The molecule has 1 unspecified atom stereocenters. The minimum atomic E-state index is -0.981. The molecule has 0 aromatic heterocycles. The van der Waals surface area contributed by atoms with E-state index in [9.17, 15) is 4.79 Å². The molecule has 1 rings (SSSR count). The molecule has 1 N–H and O–H groups in total. The molecule has 0 amide bonds. The molecule has 1 aromatic carbocycles. The SMILES string of the molecule is CCCCCCCCCCC(C)Oc1ccc(C(=O)O)cc1Cl. The van der Waals surface area contributed by atoms with Crippen LogP contribution < -0.4 is 4.74 Å². The summed E-state index contributed by atoms with van der Waals surface area (Å²) in [6, 6.07) is 4.59. The summed E-state index contributed by atoms with van der Waals surface area (Å²) in [5, 5.41) is 9.27. The Bertz CT molecular complexity index is 474. The maximum absolute atomic E-state index is 10.9. The lowest BCUT2D eigenvalue weighted by Crippen LogP contribution is -2.12. The number of carboxylic acid groups (broad SMARTS) is 1. The molecule has 130 valence electrons. The van der Waals surface area contributed by atoms with Crippen molar-refractivity contribution in [3.8, 4) is 5.75 Å². The number of carbonyl (C=O) groups is 1. The molecule has 4 heteroatoms. The molecule has 0 saturated heterocycles. The smallest absolute Gasteiger partial charge is 0.335 e. The summed E-state index contributed by atoms with van der Waals surface area (Å²) >= 11 is 6.07. The maximum atomic E-state index is 10.9. The first-order valence-corrected chi connectivity index (χ1v) is 9.12. The monoisotopic (exact) mass is 340 g/mol. The third kappa shape index (κ3) is 8.26. The van der Waals surface area contributed by atoms with Crippen molar-refractivity contribution in [2.45, 2.75) is 77.7 Å². The number of hydrogen-bond donors (Lipinski definition) is 1. The Balaban J connectivity index is 2.21. The largest absolute Gasteiger partial charge is 0.489 e. The molecular weight excluding hydrogens is 312 g/mol. The number of rotatable bonds is 12. The van der Waals surface area contributed by atoms with E-state index in [0.717, 1.165) is 12.8 Å². The van der Waals surface area contributed by atoms with Crippen LogP contribution in [-0.2, 0) is 0 Å². The van der Waals surface area contributed by atoms with Gasteiger partial charge in [0.2, 0.25) is 0 Å². The third-order valence-electron chi connectivity index (χ3n) is 3.97. The van der Waals surface area contributed by atoms with E-state index in [-0.39, 0.29) is 11.7 Å². The second kappa shape index (κ2) is 11.3. The summed E-state index contributed by atoms with van der Waals surface area (Å²) in [5.41, 5.74) is 0.179. The zero-order valence-corrected chi connectivity index (χ0v) is 15.1. The molecule has 0 aliphatic heterocycles. The van der Waals surface area contributed by atoms with Crippen LogP contribution in [0.5, 0.6) is 5.75 Å². The molecule has 3 nitrogen and oxygen atoms in total. The second-order valence-electron chi connectivity index (χ2n) is 6.14. The Morgan fingerprint density at radius 3 is 2.30 bits per heavy atom. The van der Waals surface area contributed by atoms with E-state index in [1.165, 1.54) is 57.1 Å². The van der Waals surface area contributed by atoms with Crippen LogP contribution in [0.25, 0.3) is 0 Å². The molecular formula is C19H29ClO3. The number of ether oxygens (including phenoxy) is 1. The number of carboxylic acids is 1. The summed E-state index contributed by atoms with van der Waals surface area (Å²) in [4.78, 5) is 10.9. The second-order valence-corrected chi connectivity index (χ2v) is 6.55. The van der Waals surface area contributed by atoms with E-state index in [4.69, 9.17) is 21.4 Å². The van der Waals surface area contributed by atoms with Crippen molar-refractivity contribution in [3.05, 3.63) is 28.8 Å². The lowest BCUT2D eigenvalue weighted by molar-refractivity contribution is 0.0697. The van der Waals surface area contributed by atoms with E-state index in [0.29, 0.717) is 10.8 Å². The van der Waals surface area contributed by atoms with E-state index < -0.39 is 5.97 Å². The number of hydrogen-bond acceptors (Lipinski definition) is 2. The van der Waals surface area contributed by atoms with Gasteiger partial charge in [-0.25, -0.2) is 4.79 Å². The van der Waals surface area contributed by atoms with Gasteiger partial charge in [0.1, 0.15) is 5.75 Å². The first-order valence-electron chi connectivity index (χ1n) is 8.74. The molecule has 0 saturated carbocycles. The molecule has 0 fully saturated rings. The van der Waals surface area contributed by atoms with E-state index >= 15 is 0 Å². The van der Waals surface area contributed by atoms with Crippen molar-refractivity contribution >= 4 is 17.6 Å². The van der Waals surface area contributed by atoms with Crippen LogP contribution >= 0.6 is 11.6 Å². The van der Waals surface area contributed by atoms with Crippen LogP contribution in [0, 0.1) is 0 Å². The molecule has 0 bridgehead atoms. The van der Waals surface area contributed by atoms with Crippen molar-refractivity contribution in [2.75, 3.05) is 0 Å². The lowest BCUT2D eigenvalue weighted by Gasteiger charge is -2.16. The fourth-order valence-electron chi connectivity index (χ4n) is 2.57. The third-order valence-corrected chi connectivity index (χ3v) is 4.27. The Kier molecular flexibility index (Phi) is 9.77. The highest BCUT2D eigenvalue weighted by molar-refractivity contribution is 6.32. The van der Waals surface area contributed by atoms with Gasteiger partial charge in [0, 0.05) is 0 Å². The average Bonchev–Trinajstić information content (AvgIpc) is 2.51. The predicted octanol–water partition coefficient (Wildman–Crippen LogP) is 6.34. The minimum Gasteiger partial charge on any atom is -0.489 e. The molecule has 1 atom stereocenters. The topological polar surface area (TPSA) is 46.5 Å². The fraction of sp³-hybridized carbons (Fsp3) is 0.632. The van der Waals surface area contributed by atoms with Gasteiger partial charge in [0.05, 0.1) is 16.7 Å². The van der Waals surface area contributed by atoms with Gasteiger partial charge in [-0.05, 0) is 38.0 Å².